The van der Waals surface area contributed by atoms with Gasteiger partial charge in [0.2, 0.25) is 12.3 Å². The summed E-state index contributed by atoms with van der Waals surface area (Å²) in [6, 6.07) is 22.1. The number of carbonyl (C=O) groups is 1. The molecule has 0 aliphatic heterocycles. The molecule has 0 saturated heterocycles. The number of Topliss-reactive ketones (excluding diaryl/α,β-unsaturated/α-hetero) is 1. The molecule has 0 spiro atoms. The number of hydrogen-bond donors (Lipinski definition) is 0. The zero-order valence-electron chi connectivity index (χ0n) is 14.1. The summed E-state index contributed by atoms with van der Waals surface area (Å²) in [5.74, 6) is 0.0978. The van der Waals surface area contributed by atoms with Gasteiger partial charge in [-0.05, 0) is 30.2 Å². The van der Waals surface area contributed by atoms with Crippen LogP contribution in [0.3, 0.4) is 0 Å². The summed E-state index contributed by atoms with van der Waals surface area (Å²) in [5, 5.41) is 0. The third-order valence-electron chi connectivity index (χ3n) is 4.47. The molecule has 0 aliphatic carbocycles. The fourth-order valence-electron chi connectivity index (χ4n) is 3.25. The molecule has 0 atom stereocenters. The molecule has 0 fully saturated rings. The summed E-state index contributed by atoms with van der Waals surface area (Å²) in [5.41, 5.74) is 5.01. The van der Waals surface area contributed by atoms with E-state index < -0.39 is 0 Å². The highest BCUT2D eigenvalue weighted by Gasteiger charge is 2.22. The average molecular weight is 327 g/mol. The lowest BCUT2D eigenvalue weighted by molar-refractivity contribution is -0.683. The minimum atomic E-state index is 0.0978. The second kappa shape index (κ2) is 6.36. The number of benzene rings is 1. The number of hydrogen-bond acceptors (Lipinski definition) is 1. The van der Waals surface area contributed by atoms with Crippen LogP contribution in [0.15, 0.2) is 85.3 Å². The number of carbonyl (C=O) groups excluding carboxylic acids is 1. The molecule has 0 bridgehead atoms. The average Bonchev–Trinajstić information content (AvgIpc) is 3.04. The maximum absolute atomic E-state index is 13.2. The molecular formula is C22H19N2O+. The van der Waals surface area contributed by atoms with Gasteiger partial charge in [-0.15, -0.1) is 0 Å². The predicted molar refractivity (Wildman–Crippen MR) is 98.5 cm³/mol. The number of rotatable bonds is 4. The van der Waals surface area contributed by atoms with Crippen molar-refractivity contribution in [3.05, 3.63) is 96.6 Å². The molecule has 4 aromatic rings. The Morgan fingerprint density at radius 3 is 2.44 bits per heavy atom. The van der Waals surface area contributed by atoms with E-state index in [1.54, 1.807) is 0 Å². The van der Waals surface area contributed by atoms with Crippen LogP contribution in [0, 0.1) is 6.92 Å². The van der Waals surface area contributed by atoms with E-state index in [-0.39, 0.29) is 5.78 Å². The normalized spacial score (nSPS) is 10.9. The fraction of sp³-hybridized carbons (Fsp3) is 0.0909. The van der Waals surface area contributed by atoms with Crippen LogP contribution in [0.5, 0.6) is 0 Å². The van der Waals surface area contributed by atoms with Crippen LogP contribution < -0.4 is 4.57 Å². The van der Waals surface area contributed by atoms with Crippen molar-refractivity contribution in [1.29, 1.82) is 0 Å². The van der Waals surface area contributed by atoms with Crippen molar-refractivity contribution in [3.8, 4) is 11.1 Å². The Morgan fingerprint density at radius 1 is 0.960 bits per heavy atom. The van der Waals surface area contributed by atoms with Gasteiger partial charge in [0.05, 0.1) is 0 Å². The Labute approximate surface area is 146 Å². The van der Waals surface area contributed by atoms with Gasteiger partial charge in [-0.2, -0.15) is 4.57 Å². The van der Waals surface area contributed by atoms with Crippen molar-refractivity contribution in [2.45, 2.75) is 13.5 Å². The van der Waals surface area contributed by atoms with E-state index in [9.17, 15) is 4.79 Å². The Bertz CT molecular complexity index is 1030. The van der Waals surface area contributed by atoms with Crippen molar-refractivity contribution in [2.75, 3.05) is 0 Å². The van der Waals surface area contributed by atoms with Gasteiger partial charge in [0.25, 0.3) is 0 Å². The summed E-state index contributed by atoms with van der Waals surface area (Å²) >= 11 is 0. The maximum Gasteiger partial charge on any atom is 0.244 e. The number of ketones is 1. The van der Waals surface area contributed by atoms with E-state index in [1.807, 2.05) is 70.0 Å². The quantitative estimate of drug-likeness (QED) is 0.409. The van der Waals surface area contributed by atoms with Crippen LogP contribution in [0.1, 0.15) is 16.1 Å². The Hall–Kier alpha value is -3.20. The number of aromatic nitrogens is 2. The molecule has 3 heteroatoms. The lowest BCUT2D eigenvalue weighted by atomic mass is 10.0. The first kappa shape index (κ1) is 15.3. The summed E-state index contributed by atoms with van der Waals surface area (Å²) in [6.07, 6.45) is 5.81. The van der Waals surface area contributed by atoms with Crippen molar-refractivity contribution >= 4 is 11.3 Å². The molecule has 0 unspecified atom stereocenters. The van der Waals surface area contributed by atoms with Gasteiger partial charge in [0.15, 0.2) is 12.4 Å². The second-order valence-corrected chi connectivity index (χ2v) is 6.19. The molecular weight excluding hydrogens is 308 g/mol. The first-order valence-electron chi connectivity index (χ1n) is 8.37. The van der Waals surface area contributed by atoms with Gasteiger partial charge >= 0.3 is 0 Å². The third-order valence-corrected chi connectivity index (χ3v) is 4.47. The Balaban J connectivity index is 1.89. The summed E-state index contributed by atoms with van der Waals surface area (Å²) < 4.78 is 3.93. The topological polar surface area (TPSA) is 25.4 Å². The van der Waals surface area contributed by atoms with E-state index in [0.717, 1.165) is 27.9 Å². The van der Waals surface area contributed by atoms with Crippen molar-refractivity contribution < 1.29 is 9.36 Å². The van der Waals surface area contributed by atoms with Gasteiger partial charge in [-0.3, -0.25) is 4.79 Å². The van der Waals surface area contributed by atoms with Gasteiger partial charge < -0.3 is 4.40 Å². The Morgan fingerprint density at radius 2 is 1.68 bits per heavy atom. The molecule has 3 aromatic heterocycles. The van der Waals surface area contributed by atoms with Crippen LogP contribution in [-0.4, -0.2) is 10.2 Å². The van der Waals surface area contributed by atoms with E-state index >= 15 is 0 Å². The fourth-order valence-corrected chi connectivity index (χ4v) is 3.25. The van der Waals surface area contributed by atoms with E-state index in [2.05, 4.69) is 31.2 Å². The monoisotopic (exact) mass is 327 g/mol. The van der Waals surface area contributed by atoms with Crippen LogP contribution in [-0.2, 0) is 6.54 Å². The van der Waals surface area contributed by atoms with E-state index in [4.69, 9.17) is 0 Å². The standard InChI is InChI=1S/C22H19N2O/c1-17-9-8-14-24-20(17)15-19(18-10-4-2-5-11-18)22(24)21(25)16-23-12-6-3-7-13-23/h2-15H,16H2,1H3/q+1. The van der Waals surface area contributed by atoms with Crippen LogP contribution >= 0.6 is 0 Å². The van der Waals surface area contributed by atoms with Gasteiger partial charge in [0, 0.05) is 29.4 Å². The first-order valence-corrected chi connectivity index (χ1v) is 8.37. The number of fused-ring (bicyclic) bond motifs is 1. The molecule has 4 rings (SSSR count). The summed E-state index contributed by atoms with van der Waals surface area (Å²) in [4.78, 5) is 13.2. The molecule has 3 nitrogen and oxygen atoms in total. The van der Waals surface area contributed by atoms with E-state index in [0.29, 0.717) is 6.54 Å². The molecule has 3 heterocycles. The Kier molecular flexibility index (Phi) is 3.90. The van der Waals surface area contributed by atoms with Crippen LogP contribution in [0.25, 0.3) is 16.6 Å². The zero-order valence-corrected chi connectivity index (χ0v) is 14.1. The summed E-state index contributed by atoms with van der Waals surface area (Å²) in [6.45, 7) is 2.39. The second-order valence-electron chi connectivity index (χ2n) is 6.19. The first-order chi connectivity index (χ1) is 12.2. The summed E-state index contributed by atoms with van der Waals surface area (Å²) in [7, 11) is 0. The van der Waals surface area contributed by atoms with E-state index in [1.165, 1.54) is 0 Å². The van der Waals surface area contributed by atoms with Crippen molar-refractivity contribution in [3.63, 3.8) is 0 Å². The lowest BCUT2D eigenvalue weighted by Gasteiger charge is -2.05. The molecule has 0 saturated carbocycles. The predicted octanol–water partition coefficient (Wildman–Crippen LogP) is 4.09. The molecule has 0 aliphatic rings. The SMILES string of the molecule is Cc1cccn2c(C(=O)C[n+]3ccccc3)c(-c3ccccc3)cc12. The van der Waals surface area contributed by atoms with Crippen LogP contribution in [0.2, 0.25) is 0 Å². The molecule has 0 radical (unpaired) electrons. The van der Waals surface area contributed by atoms with Gasteiger partial charge in [-0.1, -0.05) is 42.5 Å². The number of pyridine rings is 2. The molecule has 25 heavy (non-hydrogen) atoms. The van der Waals surface area contributed by atoms with Crippen molar-refractivity contribution in [2.24, 2.45) is 0 Å². The van der Waals surface area contributed by atoms with Gasteiger partial charge in [0.1, 0.15) is 5.69 Å². The van der Waals surface area contributed by atoms with Crippen molar-refractivity contribution in [1.82, 2.24) is 4.40 Å². The number of aryl methyl sites for hydroxylation is 1. The smallest absolute Gasteiger partial charge is 0.244 e. The minimum absolute atomic E-state index is 0.0978. The zero-order chi connectivity index (χ0) is 17.2. The highest BCUT2D eigenvalue weighted by atomic mass is 16.1. The van der Waals surface area contributed by atoms with Gasteiger partial charge in [-0.25, -0.2) is 0 Å². The lowest BCUT2D eigenvalue weighted by Crippen LogP contribution is -2.37. The minimum Gasteiger partial charge on any atom is -0.313 e. The molecule has 1 aromatic carbocycles. The highest BCUT2D eigenvalue weighted by Crippen LogP contribution is 2.29. The number of nitrogens with zero attached hydrogens (tertiary/aromatic N) is 2. The van der Waals surface area contributed by atoms with Crippen LogP contribution in [0.4, 0.5) is 0 Å². The largest absolute Gasteiger partial charge is 0.313 e. The third kappa shape index (κ3) is 2.85. The molecule has 0 N–H and O–H groups in total. The maximum atomic E-state index is 13.2. The molecule has 122 valence electrons. The molecule has 0 amide bonds. The highest BCUT2D eigenvalue weighted by molar-refractivity contribution is 6.02.